The number of halogens is 4. The van der Waals surface area contributed by atoms with Crippen molar-refractivity contribution in [3.05, 3.63) is 53.6 Å². The monoisotopic (exact) mass is 451 g/mol. The Morgan fingerprint density at radius 2 is 1.94 bits per heavy atom. The molecule has 0 unspecified atom stereocenters. The maximum absolute atomic E-state index is 15.1. The van der Waals surface area contributed by atoms with E-state index in [1.54, 1.807) is 11.9 Å². The summed E-state index contributed by atoms with van der Waals surface area (Å²) in [6, 6.07) is 5.00. The Hall–Kier alpha value is -2.06. The Morgan fingerprint density at radius 1 is 1.19 bits per heavy atom. The summed E-state index contributed by atoms with van der Waals surface area (Å²) >= 11 is 1.69. The molecule has 8 heteroatoms. The minimum absolute atomic E-state index is 0.0594. The molecule has 4 rings (SSSR count). The normalized spacial score (nSPS) is 15.1. The minimum atomic E-state index is -4.62. The molecule has 3 nitrogen and oxygen atoms in total. The highest BCUT2D eigenvalue weighted by Crippen LogP contribution is 2.39. The van der Waals surface area contributed by atoms with Crippen molar-refractivity contribution in [3.8, 4) is 11.3 Å². The quantitative estimate of drug-likeness (QED) is 0.330. The van der Waals surface area contributed by atoms with Gasteiger partial charge < -0.3 is 4.57 Å². The van der Waals surface area contributed by atoms with Gasteiger partial charge in [-0.05, 0) is 48.1 Å². The topological polar surface area (TPSA) is 29.9 Å². The van der Waals surface area contributed by atoms with Crippen LogP contribution >= 0.6 is 11.9 Å². The number of fused-ring (bicyclic) bond motifs is 1. The summed E-state index contributed by atoms with van der Waals surface area (Å²) in [5.41, 5.74) is 0.108. The third-order valence-corrected chi connectivity index (χ3v) is 6.22. The van der Waals surface area contributed by atoms with Gasteiger partial charge in [0.05, 0.1) is 11.3 Å². The fraction of sp³-hybridized carbons (Fsp3) is 0.435. The summed E-state index contributed by atoms with van der Waals surface area (Å²) in [5.74, 6) is -0.707. The predicted molar refractivity (Wildman–Crippen MR) is 117 cm³/mol. The number of nitrogens with one attached hydrogen (secondary N) is 1. The number of alkyl halides is 3. The van der Waals surface area contributed by atoms with Gasteiger partial charge in [0.1, 0.15) is 5.82 Å². The summed E-state index contributed by atoms with van der Waals surface area (Å²) in [6.45, 7) is 7.48. The lowest BCUT2D eigenvalue weighted by Gasteiger charge is -2.20. The molecular weight excluding hydrogens is 426 g/mol. The molecule has 0 saturated heterocycles. The average Bonchev–Trinajstić information content (AvgIpc) is 3.43. The van der Waals surface area contributed by atoms with E-state index >= 15 is 4.39 Å². The van der Waals surface area contributed by atoms with Crippen molar-refractivity contribution in [1.82, 2.24) is 14.3 Å². The van der Waals surface area contributed by atoms with Crippen LogP contribution in [0.15, 0.2) is 36.7 Å². The molecule has 3 aromatic rings. The molecule has 1 aliphatic carbocycles. The lowest BCUT2D eigenvalue weighted by atomic mass is 9.96. The van der Waals surface area contributed by atoms with Crippen LogP contribution in [0.4, 0.5) is 17.6 Å². The molecule has 1 saturated carbocycles. The second-order valence-corrected chi connectivity index (χ2v) is 10.4. The maximum Gasteiger partial charge on any atom is 0.418 e. The molecule has 0 bridgehead atoms. The van der Waals surface area contributed by atoms with E-state index in [9.17, 15) is 13.2 Å². The van der Waals surface area contributed by atoms with Gasteiger partial charge in [-0.3, -0.25) is 9.71 Å². The highest BCUT2D eigenvalue weighted by molar-refractivity contribution is 7.98. The number of pyridine rings is 1. The highest BCUT2D eigenvalue weighted by Gasteiger charge is 2.35. The molecule has 2 aromatic heterocycles. The van der Waals surface area contributed by atoms with Gasteiger partial charge in [0.2, 0.25) is 0 Å². The van der Waals surface area contributed by atoms with Crippen LogP contribution in [0.3, 0.4) is 0 Å². The van der Waals surface area contributed by atoms with Gasteiger partial charge in [-0.25, -0.2) is 4.39 Å². The second-order valence-electron chi connectivity index (χ2n) is 9.23. The van der Waals surface area contributed by atoms with Crippen LogP contribution in [0.2, 0.25) is 0 Å². The van der Waals surface area contributed by atoms with E-state index in [2.05, 4.69) is 30.5 Å². The first-order valence-electron chi connectivity index (χ1n) is 10.3. The smallest absolute Gasteiger partial charge is 0.347 e. The van der Waals surface area contributed by atoms with Gasteiger partial charge in [-0.1, -0.05) is 32.7 Å². The van der Waals surface area contributed by atoms with E-state index < -0.39 is 17.6 Å². The molecule has 0 aliphatic heterocycles. The highest BCUT2D eigenvalue weighted by atomic mass is 32.2. The number of aromatic nitrogens is 2. The molecule has 1 aromatic carbocycles. The van der Waals surface area contributed by atoms with Crippen LogP contribution in [0, 0.1) is 11.2 Å². The first kappa shape index (κ1) is 22.1. The van der Waals surface area contributed by atoms with Gasteiger partial charge in [-0.15, -0.1) is 0 Å². The minimum Gasteiger partial charge on any atom is -0.347 e. The molecule has 0 amide bonds. The van der Waals surface area contributed by atoms with E-state index in [1.807, 2.05) is 10.8 Å². The van der Waals surface area contributed by atoms with Gasteiger partial charge >= 0.3 is 6.18 Å². The Kier molecular flexibility index (Phi) is 5.81. The summed E-state index contributed by atoms with van der Waals surface area (Å²) in [4.78, 5) is 3.89. The van der Waals surface area contributed by atoms with Crippen molar-refractivity contribution in [1.29, 1.82) is 0 Å². The van der Waals surface area contributed by atoms with Gasteiger partial charge in [0.25, 0.3) is 0 Å². The molecule has 1 N–H and O–H groups in total. The fourth-order valence-electron chi connectivity index (χ4n) is 3.62. The van der Waals surface area contributed by atoms with Crippen LogP contribution in [-0.2, 0) is 19.3 Å². The molecule has 2 heterocycles. The zero-order valence-electron chi connectivity index (χ0n) is 17.7. The van der Waals surface area contributed by atoms with E-state index in [0.717, 1.165) is 11.6 Å². The van der Waals surface area contributed by atoms with E-state index in [0.29, 0.717) is 29.2 Å². The molecule has 0 spiro atoms. The van der Waals surface area contributed by atoms with Crippen LogP contribution < -0.4 is 4.72 Å². The predicted octanol–water partition coefficient (Wildman–Crippen LogP) is 6.81. The number of nitrogens with zero attached hydrogens (tertiary/aromatic N) is 2. The fourth-order valence-corrected chi connectivity index (χ4v) is 4.47. The first-order chi connectivity index (χ1) is 14.5. The number of hydrogen-bond donors (Lipinski definition) is 1. The summed E-state index contributed by atoms with van der Waals surface area (Å²) in [6.07, 6.45) is 1.02. The lowest BCUT2D eigenvalue weighted by Crippen LogP contribution is -2.15. The third-order valence-electron chi connectivity index (χ3n) is 5.10. The largest absolute Gasteiger partial charge is 0.418 e. The molecular formula is C23H25F4N3S. The van der Waals surface area contributed by atoms with Gasteiger partial charge in [-0.2, -0.15) is 13.2 Å². The number of rotatable bonds is 6. The van der Waals surface area contributed by atoms with Crippen LogP contribution in [0.5, 0.6) is 0 Å². The van der Waals surface area contributed by atoms with Crippen molar-refractivity contribution in [2.45, 2.75) is 58.1 Å². The van der Waals surface area contributed by atoms with Crippen molar-refractivity contribution in [2.24, 2.45) is 5.41 Å². The summed E-state index contributed by atoms with van der Waals surface area (Å²) in [5, 5.41) is 1.34. The Balaban J connectivity index is 1.82. The SMILES string of the molecule is CC(C)(C)Cn1cc(CNSC2CC2)c2cc(F)c(-c3ncccc3C(F)(F)F)cc21. The second kappa shape index (κ2) is 8.13. The average molecular weight is 452 g/mol. The standard InChI is InChI=1S/C23H25F4N3S/c1-22(2,3)13-30-12-14(11-29-31-15-6-7-15)16-9-19(24)17(10-20(16)30)21-18(23(25,26)27)5-4-8-28-21/h4-5,8-10,12,15,29H,6-7,11,13H2,1-3H3. The summed E-state index contributed by atoms with van der Waals surface area (Å²) < 4.78 is 61.0. The Bertz CT molecular complexity index is 1090. The number of hydrogen-bond acceptors (Lipinski definition) is 3. The van der Waals surface area contributed by atoms with Crippen LogP contribution in [0.1, 0.15) is 44.7 Å². The van der Waals surface area contributed by atoms with Gasteiger partial charge in [0.15, 0.2) is 0 Å². The van der Waals surface area contributed by atoms with Crippen molar-refractivity contribution in [2.75, 3.05) is 0 Å². The maximum atomic E-state index is 15.1. The molecule has 166 valence electrons. The van der Waals surface area contributed by atoms with Crippen LogP contribution in [-0.4, -0.2) is 14.8 Å². The Morgan fingerprint density at radius 3 is 2.58 bits per heavy atom. The van der Waals surface area contributed by atoms with Gasteiger partial charge in [0, 0.05) is 47.2 Å². The third kappa shape index (κ3) is 5.06. The van der Waals surface area contributed by atoms with Crippen molar-refractivity contribution in [3.63, 3.8) is 0 Å². The van der Waals surface area contributed by atoms with Crippen molar-refractivity contribution >= 4 is 22.9 Å². The summed E-state index contributed by atoms with van der Waals surface area (Å²) in [7, 11) is 0. The Labute approximate surface area is 183 Å². The van der Waals surface area contributed by atoms with Crippen molar-refractivity contribution < 1.29 is 17.6 Å². The number of benzene rings is 1. The van der Waals surface area contributed by atoms with E-state index in [4.69, 9.17) is 0 Å². The molecule has 31 heavy (non-hydrogen) atoms. The zero-order valence-corrected chi connectivity index (χ0v) is 18.5. The molecule has 1 fully saturated rings. The molecule has 0 atom stereocenters. The van der Waals surface area contributed by atoms with E-state index in [1.165, 1.54) is 37.2 Å². The molecule has 0 radical (unpaired) electrons. The lowest BCUT2D eigenvalue weighted by molar-refractivity contribution is -0.137. The zero-order chi connectivity index (χ0) is 22.4. The first-order valence-corrected chi connectivity index (χ1v) is 11.1. The van der Waals surface area contributed by atoms with Crippen LogP contribution in [0.25, 0.3) is 22.2 Å². The molecule has 1 aliphatic rings. The van der Waals surface area contributed by atoms with E-state index in [-0.39, 0.29) is 16.7 Å².